The highest BCUT2D eigenvalue weighted by atomic mass is 127. The van der Waals surface area contributed by atoms with E-state index in [4.69, 9.17) is 19.3 Å². The highest BCUT2D eigenvalue weighted by molar-refractivity contribution is 14.1. The van der Waals surface area contributed by atoms with Gasteiger partial charge in [0.05, 0.1) is 34.6 Å². The van der Waals surface area contributed by atoms with Crippen LogP contribution >= 0.6 is 22.6 Å². The van der Waals surface area contributed by atoms with Crippen molar-refractivity contribution in [2.24, 2.45) is 0 Å². The Morgan fingerprint density at radius 2 is 1.72 bits per heavy atom. The zero-order chi connectivity index (χ0) is 27.8. The Hall–Kier alpha value is -4.12. The Morgan fingerprint density at radius 3 is 2.36 bits per heavy atom. The molecule has 8 nitrogen and oxygen atoms in total. The number of ether oxygens (including phenoxy) is 3. The number of benzene rings is 3. The minimum Gasteiger partial charge on any atom is -0.493 e. The number of carbonyl (C=O) groups is 3. The van der Waals surface area contributed by atoms with Crippen molar-refractivity contribution in [2.75, 3.05) is 14.2 Å². The van der Waals surface area contributed by atoms with E-state index in [2.05, 4.69) is 27.9 Å². The average Bonchev–Trinajstić information content (AvgIpc) is 3.22. The molecule has 1 atom stereocenters. The van der Waals surface area contributed by atoms with Crippen molar-refractivity contribution >= 4 is 46.0 Å². The molecule has 1 aliphatic carbocycles. The molecule has 0 fully saturated rings. The molecule has 0 saturated carbocycles. The van der Waals surface area contributed by atoms with E-state index < -0.39 is 17.9 Å². The molecule has 2 aliphatic rings. The molecule has 0 spiro atoms. The van der Waals surface area contributed by atoms with Crippen molar-refractivity contribution < 1.29 is 33.7 Å². The molecule has 0 amide bonds. The van der Waals surface area contributed by atoms with Gasteiger partial charge >= 0.3 is 11.9 Å². The fourth-order valence-electron chi connectivity index (χ4n) is 4.99. The fourth-order valence-corrected chi connectivity index (χ4v) is 5.77. The Kier molecular flexibility index (Phi) is 7.17. The number of rotatable bonds is 7. The molecule has 3 aromatic carbocycles. The lowest BCUT2D eigenvalue weighted by atomic mass is 9.79. The van der Waals surface area contributed by atoms with Crippen molar-refractivity contribution in [3.8, 4) is 11.5 Å². The Balaban J connectivity index is 1.56. The molecule has 0 radical (unpaired) electrons. The molecule has 3 aromatic rings. The van der Waals surface area contributed by atoms with E-state index >= 15 is 0 Å². The molecule has 0 unspecified atom stereocenters. The number of methoxy groups -OCH3 is 2. The molecular weight excluding hydrogens is 613 g/mol. The Bertz CT molecular complexity index is 1590. The van der Waals surface area contributed by atoms with Gasteiger partial charge in [-0.3, -0.25) is 4.79 Å². The SMILES string of the molecule is COC(=O)C1=C(C)NC2=C(C(=O)c3ccccc32)[C@H]1c1cc(I)c(OCc2ccc(C(=O)O)cc2)c(OC)c1. The van der Waals surface area contributed by atoms with Crippen molar-refractivity contribution in [1.82, 2.24) is 5.32 Å². The van der Waals surface area contributed by atoms with Crippen LogP contribution in [0, 0.1) is 3.57 Å². The van der Waals surface area contributed by atoms with Gasteiger partial charge in [-0.25, -0.2) is 9.59 Å². The zero-order valence-corrected chi connectivity index (χ0v) is 23.5. The first-order valence-electron chi connectivity index (χ1n) is 12.0. The maximum absolute atomic E-state index is 13.6. The van der Waals surface area contributed by atoms with Crippen molar-refractivity contribution in [1.29, 1.82) is 0 Å². The second kappa shape index (κ2) is 10.6. The lowest BCUT2D eigenvalue weighted by Crippen LogP contribution is -2.29. The Morgan fingerprint density at radius 1 is 1.03 bits per heavy atom. The smallest absolute Gasteiger partial charge is 0.336 e. The highest BCUT2D eigenvalue weighted by Crippen LogP contribution is 2.48. The molecule has 198 valence electrons. The van der Waals surface area contributed by atoms with Crippen LogP contribution in [0.3, 0.4) is 0 Å². The van der Waals surface area contributed by atoms with Crippen molar-refractivity contribution in [2.45, 2.75) is 19.4 Å². The first kappa shape index (κ1) is 26.5. The topological polar surface area (TPSA) is 111 Å². The second-order valence-corrected chi connectivity index (χ2v) is 10.2. The van der Waals surface area contributed by atoms with E-state index in [1.165, 1.54) is 26.4 Å². The minimum absolute atomic E-state index is 0.147. The maximum atomic E-state index is 13.6. The van der Waals surface area contributed by atoms with Crippen LogP contribution < -0.4 is 14.8 Å². The van der Waals surface area contributed by atoms with Gasteiger partial charge in [0, 0.05) is 28.3 Å². The summed E-state index contributed by atoms with van der Waals surface area (Å²) in [6.07, 6.45) is 0. The molecule has 39 heavy (non-hydrogen) atoms. The Labute approximate surface area is 238 Å². The van der Waals surface area contributed by atoms with Crippen LogP contribution in [0.25, 0.3) is 5.70 Å². The molecule has 1 aliphatic heterocycles. The third kappa shape index (κ3) is 4.67. The van der Waals surface area contributed by atoms with Crippen molar-refractivity contribution in [3.63, 3.8) is 0 Å². The van der Waals surface area contributed by atoms with Gasteiger partial charge < -0.3 is 24.6 Å². The van der Waals surface area contributed by atoms with Crippen LogP contribution in [0.4, 0.5) is 0 Å². The number of ketones is 1. The van der Waals surface area contributed by atoms with Crippen LogP contribution in [0.1, 0.15) is 50.2 Å². The number of fused-ring (bicyclic) bond motifs is 2. The van der Waals surface area contributed by atoms with Crippen LogP contribution in [0.15, 0.2) is 77.5 Å². The van der Waals surface area contributed by atoms with Crippen LogP contribution in [-0.2, 0) is 16.1 Å². The number of carboxylic acids is 1. The highest BCUT2D eigenvalue weighted by Gasteiger charge is 2.43. The van der Waals surface area contributed by atoms with Gasteiger partial charge in [0.1, 0.15) is 6.61 Å². The van der Waals surface area contributed by atoms with Gasteiger partial charge in [0.15, 0.2) is 17.3 Å². The van der Waals surface area contributed by atoms with E-state index in [1.807, 2.05) is 24.3 Å². The molecule has 1 heterocycles. The quantitative estimate of drug-likeness (QED) is 0.265. The minimum atomic E-state index is -0.995. The van der Waals surface area contributed by atoms with E-state index in [0.717, 1.165) is 14.7 Å². The van der Waals surface area contributed by atoms with Gasteiger partial charge in [-0.2, -0.15) is 0 Å². The summed E-state index contributed by atoms with van der Waals surface area (Å²) >= 11 is 2.14. The van der Waals surface area contributed by atoms with E-state index in [0.29, 0.717) is 45.2 Å². The number of carboxylic acid groups (broad SMARTS) is 1. The monoisotopic (exact) mass is 637 g/mol. The number of nitrogens with one attached hydrogen (secondary N) is 1. The molecular formula is C30H24INO7. The zero-order valence-electron chi connectivity index (χ0n) is 21.3. The first-order valence-corrected chi connectivity index (χ1v) is 13.1. The molecule has 0 bridgehead atoms. The van der Waals surface area contributed by atoms with Crippen LogP contribution in [-0.4, -0.2) is 37.0 Å². The summed E-state index contributed by atoms with van der Waals surface area (Å²) in [5, 5.41) is 12.4. The molecule has 9 heteroatoms. The van der Waals surface area contributed by atoms with Crippen molar-refractivity contribution in [3.05, 3.63) is 109 Å². The van der Waals surface area contributed by atoms with Gasteiger partial charge in [-0.15, -0.1) is 0 Å². The number of hydrogen-bond donors (Lipinski definition) is 2. The van der Waals surface area contributed by atoms with E-state index in [9.17, 15) is 14.4 Å². The number of aromatic carboxylic acids is 1. The normalized spacial score (nSPS) is 15.9. The lowest BCUT2D eigenvalue weighted by Gasteiger charge is -2.29. The third-order valence-corrected chi connectivity index (χ3v) is 7.62. The predicted octanol–water partition coefficient (Wildman–Crippen LogP) is 5.32. The first-order chi connectivity index (χ1) is 18.7. The fraction of sp³-hybridized carbons (Fsp3) is 0.167. The summed E-state index contributed by atoms with van der Waals surface area (Å²) in [4.78, 5) is 37.8. The summed E-state index contributed by atoms with van der Waals surface area (Å²) in [6, 6.07) is 17.5. The summed E-state index contributed by atoms with van der Waals surface area (Å²) in [5.74, 6) is -1.43. The van der Waals surface area contributed by atoms with Crippen LogP contribution in [0.2, 0.25) is 0 Å². The summed E-state index contributed by atoms with van der Waals surface area (Å²) in [7, 11) is 2.84. The average molecular weight is 637 g/mol. The third-order valence-electron chi connectivity index (χ3n) is 6.82. The van der Waals surface area contributed by atoms with Crippen LogP contribution in [0.5, 0.6) is 11.5 Å². The van der Waals surface area contributed by atoms with Gasteiger partial charge in [0.25, 0.3) is 0 Å². The standard InChI is InChI=1S/C30H24INO7/c1-15-23(30(36)38-3)24(25-26(32-15)19-6-4-5-7-20(19)27(25)33)18-12-21(31)28(22(13-18)37-2)39-14-16-8-10-17(11-9-16)29(34)35/h4-13,24,32H,14H2,1-3H3,(H,34,35)/t24-/m0/s1. The number of halogens is 1. The summed E-state index contributed by atoms with van der Waals surface area (Å²) in [5.41, 5.74) is 5.16. The molecule has 0 aromatic heterocycles. The van der Waals surface area contributed by atoms with Gasteiger partial charge in [0.2, 0.25) is 0 Å². The predicted molar refractivity (Wildman–Crippen MR) is 152 cm³/mol. The van der Waals surface area contributed by atoms with E-state index in [-0.39, 0.29) is 18.0 Å². The number of dihydropyridines is 1. The number of hydrogen-bond acceptors (Lipinski definition) is 7. The number of Topliss-reactive ketones (excluding diaryl/α,β-unsaturated/α-hetero) is 1. The maximum Gasteiger partial charge on any atom is 0.336 e. The summed E-state index contributed by atoms with van der Waals surface area (Å²) in [6.45, 7) is 1.98. The molecule has 2 N–H and O–H groups in total. The van der Waals surface area contributed by atoms with Gasteiger partial charge in [-0.05, 0) is 64.9 Å². The number of esters is 1. The molecule has 5 rings (SSSR count). The molecule has 0 saturated heterocycles. The number of carbonyl (C=O) groups excluding carboxylic acids is 2. The van der Waals surface area contributed by atoms with E-state index in [1.54, 1.807) is 31.2 Å². The summed E-state index contributed by atoms with van der Waals surface area (Å²) < 4.78 is 17.6. The largest absolute Gasteiger partial charge is 0.493 e. The second-order valence-electron chi connectivity index (χ2n) is 9.08. The van der Waals surface area contributed by atoms with Gasteiger partial charge in [-0.1, -0.05) is 36.4 Å². The lowest BCUT2D eigenvalue weighted by molar-refractivity contribution is -0.136. The number of allylic oxidation sites excluding steroid dienone is 2.